The minimum Gasteiger partial charge on any atom is -0.450 e. The number of alkyl carbamates (subject to hydrolysis) is 1. The summed E-state index contributed by atoms with van der Waals surface area (Å²) in [6.45, 7) is 2.98. The lowest BCUT2D eigenvalue weighted by atomic mass is 9.89. The van der Waals surface area contributed by atoms with Gasteiger partial charge in [0, 0.05) is 17.8 Å². The lowest BCUT2D eigenvalue weighted by Crippen LogP contribution is -2.66. The van der Waals surface area contributed by atoms with E-state index in [1.807, 2.05) is 13.1 Å². The second-order valence-electron chi connectivity index (χ2n) is 6.88. The van der Waals surface area contributed by atoms with E-state index in [0.717, 1.165) is 30.7 Å². The topological polar surface area (TPSA) is 70.7 Å². The zero-order valence-electron chi connectivity index (χ0n) is 16.4. The van der Waals surface area contributed by atoms with Gasteiger partial charge in [-0.3, -0.25) is 4.79 Å². The molecule has 27 heavy (non-hydrogen) atoms. The van der Waals surface area contributed by atoms with Crippen molar-refractivity contribution in [1.29, 1.82) is 0 Å². The first-order valence-corrected chi connectivity index (χ1v) is 9.78. The van der Waals surface area contributed by atoms with Gasteiger partial charge < -0.3 is 20.3 Å². The molecule has 0 saturated carbocycles. The number of allylic oxidation sites excluding steroid dienone is 1. The molecule has 0 radical (unpaired) electrons. The Morgan fingerprint density at radius 3 is 3.04 bits per heavy atom. The van der Waals surface area contributed by atoms with E-state index in [-0.39, 0.29) is 24.0 Å². The first kappa shape index (κ1) is 18.2. The average Bonchev–Trinajstić information content (AvgIpc) is 2.65. The highest BCUT2D eigenvalue weighted by Gasteiger charge is 2.41. The van der Waals surface area contributed by atoms with Gasteiger partial charge in [-0.25, -0.2) is 4.79 Å². The molecule has 3 rings (SSSR count). The fourth-order valence-electron chi connectivity index (χ4n) is 3.37. The van der Waals surface area contributed by atoms with Crippen LogP contribution in [0.25, 0.3) is 0 Å². The molecule has 2 amide bonds. The van der Waals surface area contributed by atoms with Crippen molar-refractivity contribution in [1.82, 2.24) is 15.5 Å². The van der Waals surface area contributed by atoms with Crippen molar-refractivity contribution >= 4 is 23.6 Å². The zero-order valence-corrected chi connectivity index (χ0v) is 16.2. The molecule has 3 unspecified atom stereocenters. The Kier molecular flexibility index (Phi) is 6.14. The van der Waals surface area contributed by atoms with Crippen molar-refractivity contribution in [3.63, 3.8) is 0 Å². The monoisotopic (exact) mass is 393 g/mol. The summed E-state index contributed by atoms with van der Waals surface area (Å²) < 4.78 is 13.3. The quantitative estimate of drug-likeness (QED) is 0.697. The van der Waals surface area contributed by atoms with Crippen molar-refractivity contribution in [2.24, 2.45) is 0 Å². The van der Waals surface area contributed by atoms with Crippen LogP contribution in [0.15, 0.2) is 41.5 Å². The summed E-state index contributed by atoms with van der Waals surface area (Å²) >= 11 is 6.07. The number of hydrogen-bond donors (Lipinski definition) is 2. The third-order valence-electron chi connectivity index (χ3n) is 4.91. The van der Waals surface area contributed by atoms with Crippen LogP contribution in [0, 0.1) is 0 Å². The highest BCUT2D eigenvalue weighted by atomic mass is 35.5. The van der Waals surface area contributed by atoms with Crippen LogP contribution in [0.4, 0.5) is 4.79 Å². The smallest absolute Gasteiger partial charge is 0.408 e. The number of fused-ring (bicyclic) bond motifs is 1. The van der Waals surface area contributed by atoms with E-state index in [1.165, 1.54) is 0 Å². The second-order valence-corrected chi connectivity index (χ2v) is 7.36. The molecule has 2 heterocycles. The predicted molar refractivity (Wildman–Crippen MR) is 104 cm³/mol. The summed E-state index contributed by atoms with van der Waals surface area (Å²) in [4.78, 5) is 27.2. The van der Waals surface area contributed by atoms with Crippen LogP contribution in [0.5, 0.6) is 0 Å². The van der Waals surface area contributed by atoms with Gasteiger partial charge in [-0.05, 0) is 24.8 Å². The number of carbonyl (C=O) groups is 2. The molecule has 1 aromatic carbocycles. The molecule has 0 aromatic heterocycles. The van der Waals surface area contributed by atoms with E-state index in [1.54, 1.807) is 24.3 Å². The van der Waals surface area contributed by atoms with Crippen LogP contribution in [0.2, 0.25) is 0 Å². The van der Waals surface area contributed by atoms with Crippen molar-refractivity contribution < 1.29 is 15.7 Å². The van der Waals surface area contributed by atoms with Crippen molar-refractivity contribution in [2.45, 2.75) is 50.7 Å². The Morgan fingerprint density at radius 1 is 1.44 bits per heavy atom. The number of rotatable bonds is 7. The standard InChI is InChI=1S/C20H26ClN3O3/c1-2-3-11-27-20(26)23-18(14-7-5-4-6-8-14)19(25)22-16-13-24-12-15(21)9-10-17(16)24/h4-8,12,16-18H,2-3,9-11,13H2,1H3,(H,22,25)(H,23,26)/i7T. The van der Waals surface area contributed by atoms with E-state index < -0.39 is 12.1 Å². The van der Waals surface area contributed by atoms with Crippen LogP contribution in [-0.2, 0) is 9.53 Å². The maximum absolute atomic E-state index is 13.0. The highest BCUT2D eigenvalue weighted by Crippen LogP contribution is 2.32. The Bertz CT molecular complexity index is 758. The molecule has 2 N–H and O–H groups in total. The molecule has 1 fully saturated rings. The highest BCUT2D eigenvalue weighted by molar-refractivity contribution is 6.29. The number of unbranched alkanes of at least 4 members (excludes halogenated alkanes) is 1. The lowest BCUT2D eigenvalue weighted by Gasteiger charge is -2.50. The number of amides is 2. The minimum atomic E-state index is -0.973. The number of nitrogens with zero attached hydrogens (tertiary/aromatic N) is 1. The molecule has 2 aliphatic rings. The van der Waals surface area contributed by atoms with Gasteiger partial charge in [0.05, 0.1) is 20.1 Å². The number of benzene rings is 1. The number of nitrogens with one attached hydrogen (secondary N) is 2. The van der Waals surface area contributed by atoms with Gasteiger partial charge in [-0.15, -0.1) is 0 Å². The Morgan fingerprint density at radius 2 is 2.30 bits per heavy atom. The summed E-state index contributed by atoms with van der Waals surface area (Å²) in [5, 5.41) is 6.48. The van der Waals surface area contributed by atoms with Crippen LogP contribution in [-0.4, -0.2) is 42.1 Å². The molecule has 0 aliphatic carbocycles. The van der Waals surface area contributed by atoms with Crippen LogP contribution in [0.1, 0.15) is 45.6 Å². The van der Waals surface area contributed by atoms with Crippen molar-refractivity contribution in [3.8, 4) is 0 Å². The maximum Gasteiger partial charge on any atom is 0.408 e. The van der Waals surface area contributed by atoms with E-state index in [2.05, 4.69) is 15.5 Å². The summed E-state index contributed by atoms with van der Waals surface area (Å²) in [6.07, 6.45) is 4.63. The Balaban J connectivity index is 1.67. The van der Waals surface area contributed by atoms with E-state index in [9.17, 15) is 9.59 Å². The Labute approximate surface area is 166 Å². The largest absolute Gasteiger partial charge is 0.450 e. The molecule has 146 valence electrons. The molecule has 6 nitrogen and oxygen atoms in total. The molecule has 3 atom stereocenters. The first-order valence-electron chi connectivity index (χ1n) is 9.90. The molecular weight excluding hydrogens is 366 g/mol. The molecular formula is C20H26ClN3O3. The zero-order chi connectivity index (χ0) is 20.1. The SMILES string of the molecule is [3H]c1ccccc1C(NC(=O)OCCCC)C(=O)NC1CN2C=C(Cl)CCC12. The van der Waals surface area contributed by atoms with Crippen molar-refractivity contribution in [2.75, 3.05) is 13.2 Å². The van der Waals surface area contributed by atoms with E-state index in [4.69, 9.17) is 17.7 Å². The minimum absolute atomic E-state index is 0.00757. The number of ether oxygens (including phenoxy) is 1. The number of hydrogen-bond acceptors (Lipinski definition) is 4. The fraction of sp³-hybridized carbons (Fsp3) is 0.500. The third kappa shape index (κ3) is 4.95. The van der Waals surface area contributed by atoms with Gasteiger partial charge >= 0.3 is 6.09 Å². The van der Waals surface area contributed by atoms with E-state index in [0.29, 0.717) is 18.7 Å². The summed E-state index contributed by atoms with van der Waals surface area (Å²) in [5.74, 6) is -0.336. The summed E-state index contributed by atoms with van der Waals surface area (Å²) in [5.41, 5.74) is 0.440. The summed E-state index contributed by atoms with van der Waals surface area (Å²) in [6, 6.07) is 6.17. The number of carbonyl (C=O) groups excluding carboxylic acids is 2. The molecule has 7 heteroatoms. The predicted octanol–water partition coefficient (Wildman–Crippen LogP) is 3.30. The van der Waals surface area contributed by atoms with Gasteiger partial charge in [-0.1, -0.05) is 55.3 Å². The molecule has 2 aliphatic heterocycles. The average molecular weight is 394 g/mol. The van der Waals surface area contributed by atoms with Crippen molar-refractivity contribution in [3.05, 3.63) is 47.1 Å². The first-order chi connectivity index (χ1) is 13.5. The second kappa shape index (κ2) is 9.13. The molecule has 0 bridgehead atoms. The van der Waals surface area contributed by atoms with Crippen LogP contribution < -0.4 is 10.6 Å². The van der Waals surface area contributed by atoms with Gasteiger partial charge in [-0.2, -0.15) is 0 Å². The molecule has 0 spiro atoms. The van der Waals surface area contributed by atoms with E-state index >= 15 is 0 Å². The third-order valence-corrected chi connectivity index (χ3v) is 5.20. The van der Waals surface area contributed by atoms with Crippen LogP contribution in [0.3, 0.4) is 0 Å². The normalized spacial score (nSPS) is 22.5. The van der Waals surface area contributed by atoms with Crippen LogP contribution >= 0.6 is 11.6 Å². The fourth-order valence-corrected chi connectivity index (χ4v) is 3.61. The number of halogens is 1. The molecule has 1 aromatic rings. The summed E-state index contributed by atoms with van der Waals surface area (Å²) in [7, 11) is 0. The lowest BCUT2D eigenvalue weighted by molar-refractivity contribution is -0.125. The van der Waals surface area contributed by atoms with Gasteiger partial charge in [0.2, 0.25) is 5.91 Å². The van der Waals surface area contributed by atoms with Gasteiger partial charge in [0.1, 0.15) is 6.04 Å². The van der Waals surface area contributed by atoms with Gasteiger partial charge in [0.25, 0.3) is 0 Å². The van der Waals surface area contributed by atoms with Gasteiger partial charge in [0.15, 0.2) is 0 Å². The Hall–Kier alpha value is -2.21. The molecule has 1 saturated heterocycles. The maximum atomic E-state index is 13.0.